The standard InChI is InChI=1S/C18H28BrFN4O/c1-4-21-17(22-12-14-5-6-15(19)11-16(14)20)23-13-18(2,3)24-7-9-25-10-8-24/h5-6,11H,4,7-10,12-13H2,1-3H3,(H2,21,22,23). The van der Waals surface area contributed by atoms with Gasteiger partial charge in [0, 0.05) is 41.8 Å². The van der Waals surface area contributed by atoms with Gasteiger partial charge in [0.05, 0.1) is 19.8 Å². The summed E-state index contributed by atoms with van der Waals surface area (Å²) in [5.41, 5.74) is 0.566. The van der Waals surface area contributed by atoms with E-state index in [2.05, 4.69) is 50.3 Å². The van der Waals surface area contributed by atoms with Crippen molar-refractivity contribution in [2.45, 2.75) is 32.9 Å². The van der Waals surface area contributed by atoms with E-state index in [0.717, 1.165) is 43.9 Å². The number of nitrogens with one attached hydrogen (secondary N) is 2. The zero-order chi connectivity index (χ0) is 18.3. The molecule has 2 N–H and O–H groups in total. The number of aliphatic imine (C=N–C) groups is 1. The summed E-state index contributed by atoms with van der Waals surface area (Å²) in [7, 11) is 0. The summed E-state index contributed by atoms with van der Waals surface area (Å²) in [4.78, 5) is 6.94. The molecule has 1 aromatic rings. The molecule has 0 saturated carbocycles. The van der Waals surface area contributed by atoms with Gasteiger partial charge >= 0.3 is 0 Å². The molecule has 1 saturated heterocycles. The Morgan fingerprint density at radius 3 is 2.68 bits per heavy atom. The molecular weight excluding hydrogens is 387 g/mol. The highest BCUT2D eigenvalue weighted by Crippen LogP contribution is 2.16. The van der Waals surface area contributed by atoms with Crippen LogP contribution in [0, 0.1) is 5.82 Å². The van der Waals surface area contributed by atoms with Crippen LogP contribution in [0.5, 0.6) is 0 Å². The summed E-state index contributed by atoms with van der Waals surface area (Å²) in [6.07, 6.45) is 0. The summed E-state index contributed by atoms with van der Waals surface area (Å²) >= 11 is 3.27. The lowest BCUT2D eigenvalue weighted by Gasteiger charge is -2.41. The molecule has 1 aromatic carbocycles. The van der Waals surface area contributed by atoms with Gasteiger partial charge in [0.2, 0.25) is 0 Å². The topological polar surface area (TPSA) is 48.9 Å². The Bertz CT molecular complexity index is 588. The third-order valence-corrected chi connectivity index (χ3v) is 4.82. The van der Waals surface area contributed by atoms with Crippen molar-refractivity contribution >= 4 is 21.9 Å². The maximum absolute atomic E-state index is 13.9. The quantitative estimate of drug-likeness (QED) is 0.554. The molecule has 25 heavy (non-hydrogen) atoms. The number of hydrogen-bond donors (Lipinski definition) is 2. The summed E-state index contributed by atoms with van der Waals surface area (Å²) in [5.74, 6) is 0.453. The average Bonchev–Trinajstić information content (AvgIpc) is 2.59. The highest BCUT2D eigenvalue weighted by molar-refractivity contribution is 9.10. The summed E-state index contributed by atoms with van der Waals surface area (Å²) in [6, 6.07) is 5.05. The first-order chi connectivity index (χ1) is 11.9. The SMILES string of the molecule is CCNC(=NCc1ccc(Br)cc1F)NCC(C)(C)N1CCOCC1. The van der Waals surface area contributed by atoms with Crippen molar-refractivity contribution in [2.24, 2.45) is 4.99 Å². The Morgan fingerprint density at radius 2 is 2.04 bits per heavy atom. The Labute approximate surface area is 158 Å². The maximum Gasteiger partial charge on any atom is 0.191 e. The fourth-order valence-corrected chi connectivity index (χ4v) is 3.07. The molecule has 1 heterocycles. The van der Waals surface area contributed by atoms with Crippen molar-refractivity contribution in [2.75, 3.05) is 39.4 Å². The molecule has 0 amide bonds. The number of nitrogens with zero attached hydrogens (tertiary/aromatic N) is 2. The van der Waals surface area contributed by atoms with E-state index >= 15 is 0 Å². The molecule has 0 bridgehead atoms. The molecule has 0 spiro atoms. The van der Waals surface area contributed by atoms with Crippen molar-refractivity contribution in [1.82, 2.24) is 15.5 Å². The van der Waals surface area contributed by atoms with E-state index in [1.807, 2.05) is 13.0 Å². The molecule has 0 atom stereocenters. The van der Waals surface area contributed by atoms with E-state index in [9.17, 15) is 4.39 Å². The second kappa shape index (κ2) is 9.50. The molecule has 5 nitrogen and oxygen atoms in total. The largest absolute Gasteiger partial charge is 0.379 e. The molecule has 0 aliphatic carbocycles. The van der Waals surface area contributed by atoms with Crippen LogP contribution >= 0.6 is 15.9 Å². The number of hydrogen-bond acceptors (Lipinski definition) is 3. The van der Waals surface area contributed by atoms with Crippen molar-refractivity contribution in [3.8, 4) is 0 Å². The van der Waals surface area contributed by atoms with Gasteiger partial charge in [-0.25, -0.2) is 9.38 Å². The normalized spacial score (nSPS) is 16.8. The second-order valence-corrected chi connectivity index (χ2v) is 7.61. The molecule has 1 aliphatic heterocycles. The molecule has 7 heteroatoms. The van der Waals surface area contributed by atoms with Gasteiger partial charge in [0.25, 0.3) is 0 Å². The molecule has 0 unspecified atom stereocenters. The summed E-state index contributed by atoms with van der Waals surface area (Å²) < 4.78 is 20.1. The van der Waals surface area contributed by atoms with E-state index in [0.29, 0.717) is 18.1 Å². The van der Waals surface area contributed by atoms with E-state index < -0.39 is 0 Å². The summed E-state index contributed by atoms with van der Waals surface area (Å²) in [6.45, 7) is 11.7. The van der Waals surface area contributed by atoms with Crippen LogP contribution in [-0.4, -0.2) is 55.8 Å². The predicted octanol–water partition coefficient (Wildman–Crippen LogP) is 2.75. The smallest absolute Gasteiger partial charge is 0.191 e. The maximum atomic E-state index is 13.9. The molecule has 0 radical (unpaired) electrons. The van der Waals surface area contributed by atoms with Crippen molar-refractivity contribution in [3.63, 3.8) is 0 Å². The molecule has 140 valence electrons. The number of ether oxygens (including phenoxy) is 1. The van der Waals surface area contributed by atoms with Gasteiger partial charge in [-0.05, 0) is 32.9 Å². The fraction of sp³-hybridized carbons (Fsp3) is 0.611. The first kappa shape index (κ1) is 20.1. The van der Waals surface area contributed by atoms with Crippen molar-refractivity contribution in [3.05, 3.63) is 34.1 Å². The average molecular weight is 415 g/mol. The highest BCUT2D eigenvalue weighted by atomic mass is 79.9. The molecule has 1 fully saturated rings. The monoisotopic (exact) mass is 414 g/mol. The Morgan fingerprint density at radius 1 is 1.32 bits per heavy atom. The van der Waals surface area contributed by atoms with Crippen molar-refractivity contribution in [1.29, 1.82) is 0 Å². The van der Waals surface area contributed by atoms with Gasteiger partial charge in [-0.15, -0.1) is 0 Å². The van der Waals surface area contributed by atoms with Gasteiger partial charge in [-0.2, -0.15) is 0 Å². The Hall–Kier alpha value is -1.18. The summed E-state index contributed by atoms with van der Waals surface area (Å²) in [5, 5.41) is 6.61. The minimum atomic E-state index is -0.248. The lowest BCUT2D eigenvalue weighted by atomic mass is 10.0. The minimum Gasteiger partial charge on any atom is -0.379 e. The van der Waals surface area contributed by atoms with Crippen molar-refractivity contribution < 1.29 is 9.13 Å². The van der Waals surface area contributed by atoms with Gasteiger partial charge in [0.1, 0.15) is 5.82 Å². The second-order valence-electron chi connectivity index (χ2n) is 6.70. The van der Waals surface area contributed by atoms with Crippen LogP contribution in [0.1, 0.15) is 26.3 Å². The van der Waals surface area contributed by atoms with Crippen LogP contribution in [0.2, 0.25) is 0 Å². The van der Waals surface area contributed by atoms with Crippen LogP contribution in [0.15, 0.2) is 27.7 Å². The van der Waals surface area contributed by atoms with Gasteiger partial charge in [0.15, 0.2) is 5.96 Å². The van der Waals surface area contributed by atoms with Crippen LogP contribution in [-0.2, 0) is 11.3 Å². The molecule has 1 aliphatic rings. The highest BCUT2D eigenvalue weighted by Gasteiger charge is 2.28. The lowest BCUT2D eigenvalue weighted by molar-refractivity contribution is -0.00834. The first-order valence-electron chi connectivity index (χ1n) is 8.71. The van der Waals surface area contributed by atoms with E-state index in [1.165, 1.54) is 6.07 Å². The van der Waals surface area contributed by atoms with Crippen LogP contribution in [0.3, 0.4) is 0 Å². The van der Waals surface area contributed by atoms with Gasteiger partial charge in [-0.3, -0.25) is 4.90 Å². The van der Waals surface area contributed by atoms with Gasteiger partial charge in [-0.1, -0.05) is 22.0 Å². The molecule has 2 rings (SSSR count). The van der Waals surface area contributed by atoms with E-state index in [1.54, 1.807) is 6.07 Å². The zero-order valence-electron chi connectivity index (χ0n) is 15.2. The predicted molar refractivity (Wildman–Crippen MR) is 103 cm³/mol. The van der Waals surface area contributed by atoms with Gasteiger partial charge < -0.3 is 15.4 Å². The van der Waals surface area contributed by atoms with Crippen LogP contribution in [0.4, 0.5) is 4.39 Å². The first-order valence-corrected chi connectivity index (χ1v) is 9.50. The molecular formula is C18H28BrFN4O. The number of morpholine rings is 1. The molecule has 0 aromatic heterocycles. The lowest BCUT2D eigenvalue weighted by Crippen LogP contribution is -2.56. The number of rotatable bonds is 6. The van der Waals surface area contributed by atoms with E-state index in [4.69, 9.17) is 4.74 Å². The Kier molecular flexibility index (Phi) is 7.65. The number of benzene rings is 1. The van der Waals surface area contributed by atoms with Crippen LogP contribution < -0.4 is 10.6 Å². The van der Waals surface area contributed by atoms with Crippen LogP contribution in [0.25, 0.3) is 0 Å². The minimum absolute atomic E-state index is 0.0111. The number of halogens is 2. The fourth-order valence-electron chi connectivity index (χ4n) is 2.74. The zero-order valence-corrected chi connectivity index (χ0v) is 16.8. The third-order valence-electron chi connectivity index (χ3n) is 4.32. The Balaban J connectivity index is 1.97. The third kappa shape index (κ3) is 6.24. The van der Waals surface area contributed by atoms with E-state index in [-0.39, 0.29) is 11.4 Å². The number of guanidine groups is 1.